The van der Waals surface area contributed by atoms with Crippen molar-refractivity contribution in [3.05, 3.63) is 71.8 Å². The maximum absolute atomic E-state index is 13.2. The Morgan fingerprint density at radius 2 is 1.38 bits per heavy atom. The topological polar surface area (TPSA) is 83.1 Å². The standard InChI is InChI=1S/C20H21N2O3P/c21-13-7-12-20(14-22)17-26(23,24-15-18-8-3-1-4-9-18)25-16-19-10-5-2-6-11-19/h1-6,8-11,20H,7,12,15-17H2. The lowest BCUT2D eigenvalue weighted by atomic mass is 10.1. The molecule has 0 amide bonds. The monoisotopic (exact) mass is 368 g/mol. The fourth-order valence-corrected chi connectivity index (χ4v) is 4.12. The third-order valence-corrected chi connectivity index (χ3v) is 5.71. The lowest BCUT2D eigenvalue weighted by Crippen LogP contribution is -2.09. The van der Waals surface area contributed by atoms with Crippen molar-refractivity contribution in [1.29, 1.82) is 10.5 Å². The van der Waals surface area contributed by atoms with Crippen LogP contribution in [0.15, 0.2) is 60.7 Å². The quantitative estimate of drug-likeness (QED) is 0.548. The van der Waals surface area contributed by atoms with Gasteiger partial charge in [0.2, 0.25) is 0 Å². The Bertz CT molecular complexity index is 750. The van der Waals surface area contributed by atoms with E-state index in [0.717, 1.165) is 11.1 Å². The first kappa shape index (κ1) is 19.9. The van der Waals surface area contributed by atoms with Crippen LogP contribution in [0.3, 0.4) is 0 Å². The summed E-state index contributed by atoms with van der Waals surface area (Å²) in [6.07, 6.45) is 0.556. The highest BCUT2D eigenvalue weighted by atomic mass is 31.2. The number of benzene rings is 2. The summed E-state index contributed by atoms with van der Waals surface area (Å²) < 4.78 is 24.5. The first-order chi connectivity index (χ1) is 12.6. The first-order valence-corrected chi connectivity index (χ1v) is 10.1. The number of nitriles is 2. The van der Waals surface area contributed by atoms with E-state index in [2.05, 4.69) is 6.07 Å². The van der Waals surface area contributed by atoms with Gasteiger partial charge in [-0.25, -0.2) is 0 Å². The summed E-state index contributed by atoms with van der Waals surface area (Å²) in [5.74, 6) is -0.549. The third-order valence-electron chi connectivity index (χ3n) is 3.77. The minimum absolute atomic E-state index is 0.0230. The van der Waals surface area contributed by atoms with Crippen LogP contribution in [0, 0.1) is 28.6 Å². The van der Waals surface area contributed by atoms with Crippen LogP contribution in [0.4, 0.5) is 0 Å². The molecule has 0 saturated carbocycles. The van der Waals surface area contributed by atoms with Crippen LogP contribution in [0.2, 0.25) is 0 Å². The normalized spacial score (nSPS) is 12.1. The molecule has 0 saturated heterocycles. The molecular weight excluding hydrogens is 347 g/mol. The molecule has 2 rings (SSSR count). The van der Waals surface area contributed by atoms with Gasteiger partial charge in [-0.1, -0.05) is 60.7 Å². The maximum atomic E-state index is 13.2. The minimum Gasteiger partial charge on any atom is -0.304 e. The predicted molar refractivity (Wildman–Crippen MR) is 98.9 cm³/mol. The number of nitrogens with zero attached hydrogens (tertiary/aromatic N) is 2. The zero-order chi connectivity index (χ0) is 18.7. The van der Waals surface area contributed by atoms with Gasteiger partial charge in [0.25, 0.3) is 0 Å². The molecule has 6 heteroatoms. The van der Waals surface area contributed by atoms with Gasteiger partial charge in [0.05, 0.1) is 37.4 Å². The molecule has 2 aromatic carbocycles. The highest BCUT2D eigenvalue weighted by molar-refractivity contribution is 7.53. The molecule has 2 aromatic rings. The largest absolute Gasteiger partial charge is 0.332 e. The Hall–Kier alpha value is -2.43. The molecule has 0 aliphatic rings. The van der Waals surface area contributed by atoms with E-state index in [1.54, 1.807) is 0 Å². The molecule has 0 radical (unpaired) electrons. The van der Waals surface area contributed by atoms with Crippen molar-refractivity contribution in [2.24, 2.45) is 5.92 Å². The summed E-state index contributed by atoms with van der Waals surface area (Å²) in [7, 11) is -3.50. The van der Waals surface area contributed by atoms with Gasteiger partial charge in [-0.15, -0.1) is 0 Å². The molecular formula is C20H21N2O3P. The maximum Gasteiger partial charge on any atom is 0.332 e. The summed E-state index contributed by atoms with van der Waals surface area (Å²) in [5, 5.41) is 18.0. The summed E-state index contributed by atoms with van der Waals surface area (Å²) in [6.45, 7) is 0.284. The van der Waals surface area contributed by atoms with Gasteiger partial charge >= 0.3 is 7.60 Å². The van der Waals surface area contributed by atoms with Crippen LogP contribution in [0.5, 0.6) is 0 Å². The molecule has 0 aliphatic heterocycles. The van der Waals surface area contributed by atoms with Gasteiger partial charge in [0.15, 0.2) is 0 Å². The molecule has 0 heterocycles. The highest BCUT2D eigenvalue weighted by Crippen LogP contribution is 2.51. The molecule has 0 aliphatic carbocycles. The van der Waals surface area contributed by atoms with Crippen molar-refractivity contribution in [1.82, 2.24) is 0 Å². The van der Waals surface area contributed by atoms with Crippen LogP contribution in [-0.4, -0.2) is 6.16 Å². The average Bonchev–Trinajstić information content (AvgIpc) is 2.70. The second-order valence-electron chi connectivity index (χ2n) is 5.83. The van der Waals surface area contributed by atoms with Crippen molar-refractivity contribution in [2.45, 2.75) is 26.1 Å². The number of hydrogen-bond donors (Lipinski definition) is 0. The summed E-state index contributed by atoms with van der Waals surface area (Å²) in [6, 6.07) is 22.9. The molecule has 0 bridgehead atoms. The van der Waals surface area contributed by atoms with E-state index < -0.39 is 13.5 Å². The van der Waals surface area contributed by atoms with Gasteiger partial charge < -0.3 is 9.05 Å². The van der Waals surface area contributed by atoms with Gasteiger partial charge in [-0.2, -0.15) is 10.5 Å². The summed E-state index contributed by atoms with van der Waals surface area (Å²) in [4.78, 5) is 0. The summed E-state index contributed by atoms with van der Waals surface area (Å²) >= 11 is 0. The van der Waals surface area contributed by atoms with Crippen molar-refractivity contribution >= 4 is 7.60 Å². The van der Waals surface area contributed by atoms with E-state index in [9.17, 15) is 9.83 Å². The van der Waals surface area contributed by atoms with Crippen LogP contribution >= 0.6 is 7.60 Å². The van der Waals surface area contributed by atoms with Gasteiger partial charge in [-0.3, -0.25) is 4.57 Å². The zero-order valence-corrected chi connectivity index (χ0v) is 15.3. The Kier molecular flexibility index (Phi) is 8.06. The Labute approximate surface area is 154 Å². The molecule has 26 heavy (non-hydrogen) atoms. The van der Waals surface area contributed by atoms with E-state index in [1.807, 2.05) is 66.7 Å². The van der Waals surface area contributed by atoms with Gasteiger partial charge in [0, 0.05) is 6.42 Å². The smallest absolute Gasteiger partial charge is 0.304 e. The molecule has 134 valence electrons. The first-order valence-electron chi connectivity index (χ1n) is 8.38. The van der Waals surface area contributed by atoms with E-state index >= 15 is 0 Å². The second kappa shape index (κ2) is 10.5. The van der Waals surface area contributed by atoms with E-state index in [1.165, 1.54) is 0 Å². The SMILES string of the molecule is N#CCCC(C#N)CP(=O)(OCc1ccccc1)OCc1ccccc1. The van der Waals surface area contributed by atoms with Crippen molar-refractivity contribution < 1.29 is 13.6 Å². The molecule has 1 atom stereocenters. The molecule has 0 N–H and O–H groups in total. The lowest BCUT2D eigenvalue weighted by molar-refractivity contribution is 0.189. The second-order valence-corrected chi connectivity index (χ2v) is 7.94. The van der Waals surface area contributed by atoms with Crippen LogP contribution in [-0.2, 0) is 26.8 Å². The fourth-order valence-electron chi connectivity index (χ4n) is 2.34. The Morgan fingerprint density at radius 1 is 0.885 bits per heavy atom. The highest BCUT2D eigenvalue weighted by Gasteiger charge is 2.29. The Balaban J connectivity index is 2.06. The van der Waals surface area contributed by atoms with Gasteiger partial charge in [0.1, 0.15) is 0 Å². The van der Waals surface area contributed by atoms with Crippen molar-refractivity contribution in [3.8, 4) is 12.1 Å². The summed E-state index contributed by atoms with van der Waals surface area (Å²) in [5.41, 5.74) is 1.75. The molecule has 5 nitrogen and oxygen atoms in total. The van der Waals surface area contributed by atoms with Crippen LogP contribution in [0.25, 0.3) is 0 Å². The predicted octanol–water partition coefficient (Wildman–Crippen LogP) is 5.06. The lowest BCUT2D eigenvalue weighted by Gasteiger charge is -2.20. The molecule has 0 fully saturated rings. The van der Waals surface area contributed by atoms with E-state index in [-0.39, 0.29) is 25.8 Å². The van der Waals surface area contributed by atoms with Crippen molar-refractivity contribution in [3.63, 3.8) is 0 Å². The minimum atomic E-state index is -3.50. The Morgan fingerprint density at radius 3 is 1.81 bits per heavy atom. The van der Waals surface area contributed by atoms with E-state index in [0.29, 0.717) is 6.42 Å². The number of hydrogen-bond acceptors (Lipinski definition) is 5. The average molecular weight is 368 g/mol. The van der Waals surface area contributed by atoms with Gasteiger partial charge in [-0.05, 0) is 17.5 Å². The van der Waals surface area contributed by atoms with E-state index in [4.69, 9.17) is 14.3 Å². The van der Waals surface area contributed by atoms with Crippen LogP contribution in [0.1, 0.15) is 24.0 Å². The van der Waals surface area contributed by atoms with Crippen LogP contribution < -0.4 is 0 Å². The van der Waals surface area contributed by atoms with Crippen molar-refractivity contribution in [2.75, 3.05) is 6.16 Å². The fraction of sp³-hybridized carbons (Fsp3) is 0.300. The number of rotatable bonds is 10. The molecule has 0 spiro atoms. The molecule has 1 unspecified atom stereocenters. The third kappa shape index (κ3) is 6.82. The zero-order valence-electron chi connectivity index (χ0n) is 14.5. The molecule has 0 aromatic heterocycles.